The lowest BCUT2D eigenvalue weighted by Crippen LogP contribution is -2.12. The van der Waals surface area contributed by atoms with Gasteiger partial charge in [-0.05, 0) is 18.2 Å². The highest BCUT2D eigenvalue weighted by Gasteiger charge is 2.16. The molecule has 0 aliphatic heterocycles. The van der Waals surface area contributed by atoms with E-state index >= 15 is 0 Å². The summed E-state index contributed by atoms with van der Waals surface area (Å²) in [5.41, 5.74) is -0.489. The van der Waals surface area contributed by atoms with Crippen LogP contribution < -0.4 is 5.32 Å². The van der Waals surface area contributed by atoms with Crippen molar-refractivity contribution in [3.05, 3.63) is 51.8 Å². The summed E-state index contributed by atoms with van der Waals surface area (Å²) in [5.74, 6) is -2.35. The highest BCUT2D eigenvalue weighted by Crippen LogP contribution is 2.25. The molecule has 108 valence electrons. The minimum absolute atomic E-state index is 0.0118. The van der Waals surface area contributed by atoms with Gasteiger partial charge in [-0.15, -0.1) is 0 Å². The van der Waals surface area contributed by atoms with Gasteiger partial charge >= 0.3 is 5.97 Å². The van der Waals surface area contributed by atoms with Crippen molar-refractivity contribution in [1.29, 1.82) is 0 Å². The van der Waals surface area contributed by atoms with Crippen LogP contribution in [0.4, 0.5) is 11.4 Å². The zero-order valence-electron chi connectivity index (χ0n) is 10.4. The van der Waals surface area contributed by atoms with Crippen LogP contribution in [0.2, 0.25) is 0 Å². The third-order valence-corrected chi connectivity index (χ3v) is 2.62. The second kappa shape index (κ2) is 5.33. The number of phenolic OH excluding ortho intramolecular Hbond substituents is 1. The summed E-state index contributed by atoms with van der Waals surface area (Å²) < 4.78 is 0. The highest BCUT2D eigenvalue weighted by atomic mass is 16.6. The van der Waals surface area contributed by atoms with E-state index in [2.05, 4.69) is 10.3 Å². The monoisotopic (exact) mass is 291 g/mol. The lowest BCUT2D eigenvalue weighted by molar-refractivity contribution is -0.384. The van der Waals surface area contributed by atoms with Crippen LogP contribution in [0.3, 0.4) is 0 Å². The van der Waals surface area contributed by atoms with Crippen molar-refractivity contribution >= 4 is 23.3 Å². The molecule has 4 N–H and O–H groups in total. The number of carbonyl (C=O) groups excluding carboxylic acids is 1. The lowest BCUT2D eigenvalue weighted by atomic mass is 10.2. The zero-order valence-corrected chi connectivity index (χ0v) is 10.4. The molecule has 9 heteroatoms. The predicted octanol–water partition coefficient (Wildman–Crippen LogP) is 1.58. The fourth-order valence-corrected chi connectivity index (χ4v) is 1.58. The van der Waals surface area contributed by atoms with E-state index in [0.717, 1.165) is 18.3 Å². The first-order chi connectivity index (χ1) is 9.88. The molecule has 0 aliphatic rings. The molecule has 0 saturated carbocycles. The van der Waals surface area contributed by atoms with E-state index in [1.807, 2.05) is 0 Å². The van der Waals surface area contributed by atoms with Crippen molar-refractivity contribution < 1.29 is 24.7 Å². The number of anilines is 1. The molecule has 0 saturated heterocycles. The molecule has 0 radical (unpaired) electrons. The van der Waals surface area contributed by atoms with Gasteiger partial charge in [0.2, 0.25) is 0 Å². The molecule has 1 heterocycles. The molecule has 21 heavy (non-hydrogen) atoms. The van der Waals surface area contributed by atoms with Gasteiger partial charge in [0.1, 0.15) is 11.4 Å². The van der Waals surface area contributed by atoms with Gasteiger partial charge in [-0.25, -0.2) is 4.79 Å². The fourth-order valence-electron chi connectivity index (χ4n) is 1.58. The number of phenols is 1. The van der Waals surface area contributed by atoms with Crippen molar-refractivity contribution in [3.8, 4) is 5.75 Å². The Bertz CT molecular complexity index is 736. The number of carboxylic acid groups (broad SMARTS) is 1. The molecule has 0 fully saturated rings. The number of aromatic hydroxyl groups is 1. The summed E-state index contributed by atoms with van der Waals surface area (Å²) in [6.07, 6.45) is 1.06. The van der Waals surface area contributed by atoms with Gasteiger partial charge in [-0.2, -0.15) is 0 Å². The van der Waals surface area contributed by atoms with Gasteiger partial charge in [-0.3, -0.25) is 14.9 Å². The Labute approximate surface area is 117 Å². The van der Waals surface area contributed by atoms with Crippen LogP contribution in [0.15, 0.2) is 30.5 Å². The number of rotatable bonds is 4. The van der Waals surface area contributed by atoms with Crippen molar-refractivity contribution in [2.24, 2.45) is 0 Å². The zero-order chi connectivity index (χ0) is 15.6. The smallest absolute Gasteiger partial charge is 0.335 e. The van der Waals surface area contributed by atoms with E-state index < -0.39 is 22.5 Å². The maximum Gasteiger partial charge on any atom is 0.335 e. The molecule has 0 aliphatic carbocycles. The van der Waals surface area contributed by atoms with E-state index in [0.29, 0.717) is 0 Å². The standard InChI is InChI=1S/C12H9N3O6/c16-10-3-6(12(18)19)1-2-8(10)14-11(17)9-4-7(5-13-9)15(20)21/h1-5,13,16H,(H,14,17)(H,18,19). The second-order valence-electron chi connectivity index (χ2n) is 4.02. The number of aromatic carboxylic acids is 1. The second-order valence-corrected chi connectivity index (χ2v) is 4.02. The maximum absolute atomic E-state index is 11.8. The van der Waals surface area contributed by atoms with Crippen molar-refractivity contribution in [3.63, 3.8) is 0 Å². The third kappa shape index (κ3) is 2.97. The van der Waals surface area contributed by atoms with Gasteiger partial charge in [0.15, 0.2) is 0 Å². The van der Waals surface area contributed by atoms with Crippen molar-refractivity contribution in [1.82, 2.24) is 4.98 Å². The van der Waals surface area contributed by atoms with Gasteiger partial charge in [-0.1, -0.05) is 0 Å². The molecule has 0 spiro atoms. The number of hydrogen-bond donors (Lipinski definition) is 4. The first kappa shape index (κ1) is 14.1. The van der Waals surface area contributed by atoms with E-state index in [4.69, 9.17) is 5.11 Å². The minimum atomic E-state index is -1.22. The Morgan fingerprint density at radius 3 is 2.52 bits per heavy atom. The predicted molar refractivity (Wildman–Crippen MR) is 70.5 cm³/mol. The summed E-state index contributed by atoms with van der Waals surface area (Å²) >= 11 is 0. The quantitative estimate of drug-likeness (QED) is 0.382. The van der Waals surface area contributed by atoms with Crippen molar-refractivity contribution in [2.75, 3.05) is 5.32 Å². The summed E-state index contributed by atoms with van der Waals surface area (Å²) in [6, 6.07) is 4.44. The Morgan fingerprint density at radius 1 is 1.29 bits per heavy atom. The maximum atomic E-state index is 11.8. The fraction of sp³-hybridized carbons (Fsp3) is 0. The number of aromatic nitrogens is 1. The van der Waals surface area contributed by atoms with Crippen molar-refractivity contribution in [2.45, 2.75) is 0 Å². The number of nitrogens with one attached hydrogen (secondary N) is 2. The van der Waals surface area contributed by atoms with Gasteiger partial charge in [0.05, 0.1) is 22.4 Å². The molecule has 0 bridgehead atoms. The number of nitro groups is 1. The third-order valence-electron chi connectivity index (χ3n) is 2.62. The molecular weight excluding hydrogens is 282 g/mol. The SMILES string of the molecule is O=C(O)c1ccc(NC(=O)c2cc([N+](=O)[O-])c[nH]2)c(O)c1. The normalized spacial score (nSPS) is 10.1. The van der Waals surface area contributed by atoms with E-state index in [1.54, 1.807) is 0 Å². The lowest BCUT2D eigenvalue weighted by Gasteiger charge is -2.06. The van der Waals surface area contributed by atoms with Crippen LogP contribution in [0, 0.1) is 10.1 Å². The highest BCUT2D eigenvalue weighted by molar-refractivity contribution is 6.04. The molecule has 0 unspecified atom stereocenters. The largest absolute Gasteiger partial charge is 0.506 e. The number of carbonyl (C=O) groups is 2. The molecule has 0 atom stereocenters. The molecule has 9 nitrogen and oxygen atoms in total. The number of amides is 1. The number of aromatic amines is 1. The van der Waals surface area contributed by atoms with E-state index in [9.17, 15) is 24.8 Å². The summed E-state index contributed by atoms with van der Waals surface area (Å²) in [6.45, 7) is 0. The van der Waals surface area contributed by atoms with E-state index in [1.165, 1.54) is 12.1 Å². The average Bonchev–Trinajstić information content (AvgIpc) is 2.90. The number of benzene rings is 1. The van der Waals surface area contributed by atoms with E-state index in [-0.39, 0.29) is 22.6 Å². The Morgan fingerprint density at radius 2 is 2.00 bits per heavy atom. The topological polar surface area (TPSA) is 146 Å². The van der Waals surface area contributed by atoms with Crippen LogP contribution in [0.25, 0.3) is 0 Å². The molecule has 2 rings (SSSR count). The first-order valence-corrected chi connectivity index (χ1v) is 5.59. The first-order valence-electron chi connectivity index (χ1n) is 5.59. The number of nitrogens with zero attached hydrogens (tertiary/aromatic N) is 1. The molecular formula is C12H9N3O6. The van der Waals surface area contributed by atoms with Crippen LogP contribution in [-0.4, -0.2) is 32.0 Å². The molecule has 1 amide bonds. The van der Waals surface area contributed by atoms with Crippen LogP contribution in [0.5, 0.6) is 5.75 Å². The Balaban J connectivity index is 2.19. The molecule has 1 aromatic heterocycles. The van der Waals surface area contributed by atoms with Crippen LogP contribution >= 0.6 is 0 Å². The van der Waals surface area contributed by atoms with Gasteiger partial charge < -0.3 is 20.5 Å². The Kier molecular flexibility index (Phi) is 3.57. The molecule has 1 aromatic carbocycles. The van der Waals surface area contributed by atoms with Gasteiger partial charge in [0.25, 0.3) is 11.6 Å². The summed E-state index contributed by atoms with van der Waals surface area (Å²) in [4.78, 5) is 34.8. The average molecular weight is 291 g/mol. The number of hydrogen-bond acceptors (Lipinski definition) is 5. The number of H-pyrrole nitrogens is 1. The Hall–Kier alpha value is -3.36. The van der Waals surface area contributed by atoms with Gasteiger partial charge in [0, 0.05) is 6.07 Å². The summed E-state index contributed by atoms with van der Waals surface area (Å²) in [7, 11) is 0. The van der Waals surface area contributed by atoms with Crippen LogP contribution in [-0.2, 0) is 0 Å². The molecule has 2 aromatic rings. The minimum Gasteiger partial charge on any atom is -0.506 e. The van der Waals surface area contributed by atoms with Crippen LogP contribution in [0.1, 0.15) is 20.8 Å². The summed E-state index contributed by atoms with van der Waals surface area (Å²) in [5, 5.41) is 31.2. The number of carboxylic acids is 1.